The minimum absolute atomic E-state index is 0.369. The van der Waals surface area contributed by atoms with Crippen molar-refractivity contribution >= 4 is 0 Å². The van der Waals surface area contributed by atoms with E-state index < -0.39 is 0 Å². The molecule has 2 atom stereocenters. The molecule has 0 radical (unpaired) electrons. The molecule has 0 spiro atoms. The number of hydrogen-bond donors (Lipinski definition) is 0. The van der Waals surface area contributed by atoms with Gasteiger partial charge in [-0.25, -0.2) is 0 Å². The van der Waals surface area contributed by atoms with Gasteiger partial charge in [0, 0.05) is 36.9 Å². The molecule has 0 N–H and O–H groups in total. The minimum Gasteiger partial charge on any atom is -0.494 e. The molecule has 2 fully saturated rings. The molecule has 2 aromatic rings. The first-order chi connectivity index (χ1) is 14.4. The third-order valence-corrected chi connectivity index (χ3v) is 6.95. The van der Waals surface area contributed by atoms with Crippen LogP contribution in [0, 0.1) is 0 Å². The molecule has 154 valence electrons. The quantitative estimate of drug-likeness (QED) is 0.672. The van der Waals surface area contributed by atoms with Gasteiger partial charge in [0.05, 0.1) is 6.61 Å². The summed E-state index contributed by atoms with van der Waals surface area (Å²) in [6.45, 7) is 6.81. The van der Waals surface area contributed by atoms with Crippen LogP contribution in [0.3, 0.4) is 0 Å². The lowest BCUT2D eigenvalue weighted by molar-refractivity contribution is 0.204. The maximum atomic E-state index is 6.19. The average molecular weight is 392 g/mol. The maximum absolute atomic E-state index is 6.19. The van der Waals surface area contributed by atoms with E-state index in [0.29, 0.717) is 12.0 Å². The van der Waals surface area contributed by atoms with Crippen LogP contribution in [0.4, 0.5) is 0 Å². The Morgan fingerprint density at radius 1 is 0.966 bits per heavy atom. The van der Waals surface area contributed by atoms with E-state index >= 15 is 0 Å². The van der Waals surface area contributed by atoms with Crippen molar-refractivity contribution in [2.45, 2.75) is 50.5 Å². The molecule has 0 amide bonds. The van der Waals surface area contributed by atoms with Gasteiger partial charge in [-0.15, -0.1) is 0 Å². The molecule has 2 saturated heterocycles. The fourth-order valence-corrected chi connectivity index (χ4v) is 5.47. The van der Waals surface area contributed by atoms with E-state index in [1.807, 2.05) is 12.3 Å². The van der Waals surface area contributed by atoms with Gasteiger partial charge >= 0.3 is 0 Å². The molecule has 0 saturated carbocycles. The Hall–Kier alpha value is -1.91. The van der Waals surface area contributed by atoms with Gasteiger partial charge in [-0.1, -0.05) is 18.6 Å². The van der Waals surface area contributed by atoms with Gasteiger partial charge < -0.3 is 9.64 Å². The summed E-state index contributed by atoms with van der Waals surface area (Å²) in [5.74, 6) is 1.41. The van der Waals surface area contributed by atoms with Crippen LogP contribution in [0.2, 0.25) is 0 Å². The molecule has 29 heavy (non-hydrogen) atoms. The Balaban J connectivity index is 1.29. The summed E-state index contributed by atoms with van der Waals surface area (Å²) in [5, 5.41) is 0. The number of hydrogen-bond acceptors (Lipinski definition) is 4. The van der Waals surface area contributed by atoms with Crippen LogP contribution in [0.25, 0.3) is 0 Å². The summed E-state index contributed by atoms with van der Waals surface area (Å²) < 4.78 is 6.19. The standard InChI is InChI=1S/C25H33N3O/c1-4-13-27(14-5-1)15-7-17-29-20-10-11-21-22(18-20)25-9-6-16-28(25)19-23(21)24-8-2-3-12-26-24/h2-3,8,10-12,18,23,25H,1,4-7,9,13-17,19H2/t23-,25-/m0/s1. The fraction of sp³-hybridized carbons (Fsp3) is 0.560. The molecule has 0 unspecified atom stereocenters. The number of likely N-dealkylation sites (tertiary alicyclic amines) is 1. The first-order valence-corrected chi connectivity index (χ1v) is 11.5. The van der Waals surface area contributed by atoms with Crippen LogP contribution in [0.15, 0.2) is 42.6 Å². The van der Waals surface area contributed by atoms with Crippen molar-refractivity contribution in [3.05, 3.63) is 59.4 Å². The zero-order valence-corrected chi connectivity index (χ0v) is 17.4. The SMILES string of the molecule is c1ccc([C@H]2CN3CCC[C@H]3c3cc(OCCCN4CCCCC4)ccc32)nc1. The average Bonchev–Trinajstić information content (AvgIpc) is 3.26. The Labute approximate surface area is 174 Å². The first-order valence-electron chi connectivity index (χ1n) is 11.5. The zero-order chi connectivity index (χ0) is 19.5. The molecule has 3 aliphatic heterocycles. The number of rotatable bonds is 6. The molecule has 5 rings (SSSR count). The van der Waals surface area contributed by atoms with E-state index in [4.69, 9.17) is 4.74 Å². The number of aromatic nitrogens is 1. The second-order valence-corrected chi connectivity index (χ2v) is 8.86. The van der Waals surface area contributed by atoms with Crippen molar-refractivity contribution in [3.8, 4) is 5.75 Å². The van der Waals surface area contributed by atoms with Crippen molar-refractivity contribution in [2.24, 2.45) is 0 Å². The largest absolute Gasteiger partial charge is 0.494 e. The predicted molar refractivity (Wildman–Crippen MR) is 116 cm³/mol. The van der Waals surface area contributed by atoms with Crippen molar-refractivity contribution in [1.82, 2.24) is 14.8 Å². The molecule has 0 aliphatic carbocycles. The number of ether oxygens (including phenoxy) is 1. The molecule has 4 heterocycles. The highest BCUT2D eigenvalue weighted by Crippen LogP contribution is 2.44. The van der Waals surface area contributed by atoms with E-state index in [1.165, 1.54) is 75.1 Å². The van der Waals surface area contributed by atoms with E-state index in [1.54, 1.807) is 0 Å². The maximum Gasteiger partial charge on any atom is 0.119 e. The van der Waals surface area contributed by atoms with Gasteiger partial charge in [-0.05, 0) is 87.1 Å². The monoisotopic (exact) mass is 391 g/mol. The third-order valence-electron chi connectivity index (χ3n) is 6.95. The molecule has 0 bridgehead atoms. The van der Waals surface area contributed by atoms with E-state index in [9.17, 15) is 0 Å². The van der Waals surface area contributed by atoms with Gasteiger partial charge in [0.25, 0.3) is 0 Å². The molecule has 1 aromatic carbocycles. The van der Waals surface area contributed by atoms with Gasteiger partial charge in [-0.3, -0.25) is 9.88 Å². The van der Waals surface area contributed by atoms with Crippen molar-refractivity contribution in [2.75, 3.05) is 39.3 Å². The highest BCUT2D eigenvalue weighted by Gasteiger charge is 2.37. The number of benzene rings is 1. The Morgan fingerprint density at radius 3 is 2.76 bits per heavy atom. The Kier molecular flexibility index (Phi) is 5.82. The lowest BCUT2D eigenvalue weighted by Gasteiger charge is -2.37. The third kappa shape index (κ3) is 4.19. The highest BCUT2D eigenvalue weighted by atomic mass is 16.5. The lowest BCUT2D eigenvalue weighted by Crippen LogP contribution is -2.34. The van der Waals surface area contributed by atoms with Crippen LogP contribution in [0.1, 0.15) is 67.3 Å². The lowest BCUT2D eigenvalue weighted by atomic mass is 9.83. The van der Waals surface area contributed by atoms with Gasteiger partial charge in [-0.2, -0.15) is 0 Å². The number of fused-ring (bicyclic) bond motifs is 3. The molecule has 4 nitrogen and oxygen atoms in total. The minimum atomic E-state index is 0.369. The Bertz CT molecular complexity index is 803. The van der Waals surface area contributed by atoms with Crippen LogP contribution in [-0.2, 0) is 0 Å². The van der Waals surface area contributed by atoms with E-state index in [-0.39, 0.29) is 0 Å². The summed E-state index contributed by atoms with van der Waals surface area (Å²) in [4.78, 5) is 9.93. The van der Waals surface area contributed by atoms with Crippen LogP contribution >= 0.6 is 0 Å². The zero-order valence-electron chi connectivity index (χ0n) is 17.4. The van der Waals surface area contributed by atoms with Crippen molar-refractivity contribution < 1.29 is 4.74 Å². The van der Waals surface area contributed by atoms with Crippen molar-refractivity contribution in [1.29, 1.82) is 0 Å². The normalized spacial score (nSPS) is 24.8. The predicted octanol–water partition coefficient (Wildman–Crippen LogP) is 4.62. The topological polar surface area (TPSA) is 28.6 Å². The fourth-order valence-electron chi connectivity index (χ4n) is 5.47. The van der Waals surface area contributed by atoms with Crippen LogP contribution in [0.5, 0.6) is 5.75 Å². The van der Waals surface area contributed by atoms with E-state index in [0.717, 1.165) is 25.3 Å². The molecule has 1 aromatic heterocycles. The molecular formula is C25H33N3O. The number of piperidine rings is 1. The highest BCUT2D eigenvalue weighted by molar-refractivity contribution is 5.45. The second kappa shape index (κ2) is 8.85. The van der Waals surface area contributed by atoms with Gasteiger partial charge in [0.1, 0.15) is 5.75 Å². The smallest absolute Gasteiger partial charge is 0.119 e. The second-order valence-electron chi connectivity index (χ2n) is 8.86. The molecule has 4 heteroatoms. The number of pyridine rings is 1. The summed E-state index contributed by atoms with van der Waals surface area (Å²) in [6, 6.07) is 13.7. The van der Waals surface area contributed by atoms with Gasteiger partial charge in [0.2, 0.25) is 0 Å². The Morgan fingerprint density at radius 2 is 1.90 bits per heavy atom. The van der Waals surface area contributed by atoms with Gasteiger partial charge in [0.15, 0.2) is 0 Å². The molecule has 3 aliphatic rings. The van der Waals surface area contributed by atoms with Crippen LogP contribution in [-0.4, -0.2) is 54.1 Å². The summed E-state index contributed by atoms with van der Waals surface area (Å²) in [7, 11) is 0. The van der Waals surface area contributed by atoms with E-state index in [2.05, 4.69) is 45.1 Å². The summed E-state index contributed by atoms with van der Waals surface area (Å²) >= 11 is 0. The van der Waals surface area contributed by atoms with Crippen molar-refractivity contribution in [3.63, 3.8) is 0 Å². The summed E-state index contributed by atoms with van der Waals surface area (Å²) in [6.07, 6.45) is 9.72. The van der Waals surface area contributed by atoms with Crippen LogP contribution < -0.4 is 4.74 Å². The first kappa shape index (κ1) is 19.1. The molecular weight excluding hydrogens is 358 g/mol. The number of nitrogens with zero attached hydrogens (tertiary/aromatic N) is 3. The summed E-state index contributed by atoms with van der Waals surface area (Å²) in [5.41, 5.74) is 4.11.